The molecule has 0 atom stereocenters. The van der Waals surface area contributed by atoms with Crippen molar-refractivity contribution in [1.82, 2.24) is 4.90 Å². The zero-order valence-corrected chi connectivity index (χ0v) is 11.2. The molecule has 1 N–H and O–H groups in total. The van der Waals surface area contributed by atoms with Gasteiger partial charge in [0.1, 0.15) is 5.75 Å². The fraction of sp³-hybridized carbons (Fsp3) is 0.429. The lowest BCUT2D eigenvalue weighted by molar-refractivity contribution is -0.137. The van der Waals surface area contributed by atoms with Gasteiger partial charge in [0.25, 0.3) is 0 Å². The highest BCUT2D eigenvalue weighted by molar-refractivity contribution is 5.71. The summed E-state index contributed by atoms with van der Waals surface area (Å²) in [6, 6.07) is 8.77. The molecule has 0 saturated carbocycles. The highest BCUT2D eigenvalue weighted by Gasteiger charge is 2.19. The van der Waals surface area contributed by atoms with Gasteiger partial charge in [-0.1, -0.05) is 18.2 Å². The van der Waals surface area contributed by atoms with E-state index in [9.17, 15) is 9.59 Å². The summed E-state index contributed by atoms with van der Waals surface area (Å²) < 4.78 is 5.23. The van der Waals surface area contributed by atoms with E-state index in [2.05, 4.69) is 0 Å². The van der Waals surface area contributed by atoms with Gasteiger partial charge in [0.2, 0.25) is 0 Å². The number of nitrogens with zero attached hydrogens (tertiary/aromatic N) is 1. The zero-order chi connectivity index (χ0) is 14.3. The Kier molecular flexibility index (Phi) is 5.85. The third kappa shape index (κ3) is 5.42. The molecule has 0 spiro atoms. The molecule has 104 valence electrons. The van der Waals surface area contributed by atoms with E-state index in [1.54, 1.807) is 24.3 Å². The monoisotopic (exact) mass is 265 g/mol. The minimum absolute atomic E-state index is 0.0370. The van der Waals surface area contributed by atoms with Gasteiger partial charge in [-0.15, -0.1) is 0 Å². The SMILES string of the molecule is CC(C)N(CCCC(=O)O)C(=O)Oc1ccccc1. The zero-order valence-electron chi connectivity index (χ0n) is 11.2. The Bertz CT molecular complexity index is 417. The number of benzene rings is 1. The van der Waals surface area contributed by atoms with Crippen LogP contribution in [-0.2, 0) is 4.79 Å². The Morgan fingerprint density at radius 2 is 1.89 bits per heavy atom. The molecule has 0 aliphatic carbocycles. The maximum Gasteiger partial charge on any atom is 0.415 e. The van der Waals surface area contributed by atoms with Crippen LogP contribution in [0.2, 0.25) is 0 Å². The van der Waals surface area contributed by atoms with E-state index >= 15 is 0 Å². The number of carboxylic acids is 1. The van der Waals surface area contributed by atoms with Crippen LogP contribution in [0.5, 0.6) is 5.75 Å². The minimum Gasteiger partial charge on any atom is -0.481 e. The third-order valence-electron chi connectivity index (χ3n) is 2.60. The van der Waals surface area contributed by atoms with E-state index in [0.717, 1.165) is 0 Å². The Morgan fingerprint density at radius 1 is 1.26 bits per heavy atom. The van der Waals surface area contributed by atoms with E-state index in [4.69, 9.17) is 9.84 Å². The molecule has 0 radical (unpaired) electrons. The van der Waals surface area contributed by atoms with Crippen molar-refractivity contribution in [3.63, 3.8) is 0 Å². The molecule has 0 aliphatic rings. The van der Waals surface area contributed by atoms with Crippen LogP contribution in [0, 0.1) is 0 Å². The molecule has 1 amide bonds. The molecule has 1 aromatic rings. The maximum atomic E-state index is 12.0. The lowest BCUT2D eigenvalue weighted by Crippen LogP contribution is -2.39. The second kappa shape index (κ2) is 7.41. The van der Waals surface area contributed by atoms with Crippen LogP contribution >= 0.6 is 0 Å². The minimum atomic E-state index is -0.861. The Morgan fingerprint density at radius 3 is 2.42 bits per heavy atom. The Balaban J connectivity index is 2.55. The van der Waals surface area contributed by atoms with Crippen molar-refractivity contribution in [3.8, 4) is 5.75 Å². The molecular formula is C14H19NO4. The summed E-state index contributed by atoms with van der Waals surface area (Å²) in [5.41, 5.74) is 0. The molecule has 0 aliphatic heterocycles. The fourth-order valence-electron chi connectivity index (χ4n) is 1.61. The van der Waals surface area contributed by atoms with Crippen LogP contribution in [0.25, 0.3) is 0 Å². The molecule has 1 aromatic carbocycles. The van der Waals surface area contributed by atoms with Gasteiger partial charge in [-0.25, -0.2) is 4.79 Å². The number of aliphatic carboxylic acids is 1. The van der Waals surface area contributed by atoms with Crippen molar-refractivity contribution in [2.45, 2.75) is 32.7 Å². The largest absolute Gasteiger partial charge is 0.481 e. The number of para-hydroxylation sites is 1. The summed E-state index contributed by atoms with van der Waals surface area (Å²) in [6.07, 6.45) is 0.00535. The average molecular weight is 265 g/mol. The van der Waals surface area contributed by atoms with Gasteiger partial charge in [0, 0.05) is 19.0 Å². The highest BCUT2D eigenvalue weighted by atomic mass is 16.6. The van der Waals surface area contributed by atoms with Crippen LogP contribution in [0.1, 0.15) is 26.7 Å². The molecule has 5 heteroatoms. The maximum absolute atomic E-state index is 12.0. The molecule has 1 rings (SSSR count). The van der Waals surface area contributed by atoms with E-state index in [1.165, 1.54) is 4.90 Å². The molecule has 0 unspecified atom stereocenters. The summed E-state index contributed by atoms with van der Waals surface area (Å²) >= 11 is 0. The van der Waals surface area contributed by atoms with Crippen molar-refractivity contribution in [2.75, 3.05) is 6.54 Å². The Labute approximate surface area is 112 Å². The molecule has 0 heterocycles. The number of carbonyl (C=O) groups is 2. The van der Waals surface area contributed by atoms with Crippen LogP contribution in [0.3, 0.4) is 0 Å². The predicted molar refractivity (Wildman–Crippen MR) is 71.2 cm³/mol. The van der Waals surface area contributed by atoms with Gasteiger partial charge >= 0.3 is 12.1 Å². The van der Waals surface area contributed by atoms with Crippen LogP contribution < -0.4 is 4.74 Å². The molecule has 0 saturated heterocycles. The summed E-state index contributed by atoms with van der Waals surface area (Å²) in [5, 5.41) is 8.60. The molecule has 19 heavy (non-hydrogen) atoms. The van der Waals surface area contributed by atoms with E-state index in [1.807, 2.05) is 19.9 Å². The third-order valence-corrected chi connectivity index (χ3v) is 2.60. The first-order valence-electron chi connectivity index (χ1n) is 6.26. The Hall–Kier alpha value is -2.04. The van der Waals surface area contributed by atoms with Gasteiger partial charge in [0.05, 0.1) is 0 Å². The van der Waals surface area contributed by atoms with E-state index in [0.29, 0.717) is 18.7 Å². The highest BCUT2D eigenvalue weighted by Crippen LogP contribution is 2.12. The number of amides is 1. The van der Waals surface area contributed by atoms with Crippen molar-refractivity contribution >= 4 is 12.1 Å². The van der Waals surface area contributed by atoms with Crippen molar-refractivity contribution < 1.29 is 19.4 Å². The summed E-state index contributed by atoms with van der Waals surface area (Å²) in [6.45, 7) is 4.11. The second-order valence-electron chi connectivity index (χ2n) is 4.47. The first-order valence-corrected chi connectivity index (χ1v) is 6.26. The molecule has 0 bridgehead atoms. The summed E-state index contributed by atoms with van der Waals surface area (Å²) in [7, 11) is 0. The lowest BCUT2D eigenvalue weighted by atomic mass is 10.2. The standard InChI is InChI=1S/C14H19NO4/c1-11(2)15(10-6-9-13(16)17)14(18)19-12-7-4-3-5-8-12/h3-5,7-8,11H,6,9-10H2,1-2H3,(H,16,17). The van der Waals surface area contributed by atoms with E-state index in [-0.39, 0.29) is 12.5 Å². The first-order chi connectivity index (χ1) is 9.00. The number of hydrogen-bond acceptors (Lipinski definition) is 3. The van der Waals surface area contributed by atoms with Crippen molar-refractivity contribution in [1.29, 1.82) is 0 Å². The topological polar surface area (TPSA) is 66.8 Å². The number of rotatable bonds is 6. The molecule has 0 aromatic heterocycles. The molecule has 5 nitrogen and oxygen atoms in total. The molecular weight excluding hydrogens is 246 g/mol. The normalized spacial score (nSPS) is 10.3. The number of carboxylic acid groups (broad SMARTS) is 1. The van der Waals surface area contributed by atoms with Crippen LogP contribution in [0.15, 0.2) is 30.3 Å². The van der Waals surface area contributed by atoms with Gasteiger partial charge in [-0.3, -0.25) is 4.79 Å². The number of carbonyl (C=O) groups excluding carboxylic acids is 1. The van der Waals surface area contributed by atoms with Gasteiger partial charge in [-0.2, -0.15) is 0 Å². The van der Waals surface area contributed by atoms with Gasteiger partial charge in [-0.05, 0) is 32.4 Å². The quantitative estimate of drug-likeness (QED) is 0.858. The average Bonchev–Trinajstić information content (AvgIpc) is 2.35. The van der Waals surface area contributed by atoms with E-state index < -0.39 is 12.1 Å². The predicted octanol–water partition coefficient (Wildman–Crippen LogP) is 2.76. The summed E-state index contributed by atoms with van der Waals surface area (Å²) in [4.78, 5) is 24.0. The lowest BCUT2D eigenvalue weighted by Gasteiger charge is -2.25. The first kappa shape index (κ1) is 15.0. The van der Waals surface area contributed by atoms with Gasteiger partial charge in [0.15, 0.2) is 0 Å². The summed E-state index contributed by atoms with van der Waals surface area (Å²) in [5.74, 6) is -0.378. The fourth-order valence-corrected chi connectivity index (χ4v) is 1.61. The second-order valence-corrected chi connectivity index (χ2v) is 4.47. The number of ether oxygens (including phenoxy) is 1. The smallest absolute Gasteiger partial charge is 0.415 e. The van der Waals surface area contributed by atoms with Gasteiger partial charge < -0.3 is 14.7 Å². The molecule has 0 fully saturated rings. The van der Waals surface area contributed by atoms with Crippen LogP contribution in [0.4, 0.5) is 4.79 Å². The van der Waals surface area contributed by atoms with Crippen molar-refractivity contribution in [2.24, 2.45) is 0 Å². The van der Waals surface area contributed by atoms with Crippen molar-refractivity contribution in [3.05, 3.63) is 30.3 Å². The number of hydrogen-bond donors (Lipinski definition) is 1. The van der Waals surface area contributed by atoms with Crippen LogP contribution in [-0.4, -0.2) is 34.7 Å².